The fourth-order valence-corrected chi connectivity index (χ4v) is 6.98. The van der Waals surface area contributed by atoms with Crippen molar-refractivity contribution in [3.05, 3.63) is 89.7 Å². The quantitative estimate of drug-likeness (QED) is 0.344. The van der Waals surface area contributed by atoms with E-state index in [9.17, 15) is 30.0 Å². The van der Waals surface area contributed by atoms with Gasteiger partial charge in [0, 0.05) is 17.9 Å². The first kappa shape index (κ1) is 24.1. The summed E-state index contributed by atoms with van der Waals surface area (Å²) in [5.41, 5.74) is 0.588. The molecule has 0 bridgehead atoms. The predicted molar refractivity (Wildman–Crippen MR) is 123 cm³/mol. The van der Waals surface area contributed by atoms with E-state index < -0.39 is 42.9 Å². The van der Waals surface area contributed by atoms with Crippen molar-refractivity contribution in [1.82, 2.24) is 4.98 Å². The monoisotopic (exact) mass is 523 g/mol. The number of sulfone groups is 2. The van der Waals surface area contributed by atoms with Crippen LogP contribution in [-0.4, -0.2) is 28.1 Å². The molecule has 34 heavy (non-hydrogen) atoms. The lowest BCUT2D eigenvalue weighted by Gasteiger charge is -2.08. The number of halogens is 3. The number of aromatic nitrogens is 1. The van der Waals surface area contributed by atoms with E-state index in [-0.39, 0.29) is 26.1 Å². The van der Waals surface area contributed by atoms with Crippen molar-refractivity contribution in [2.45, 2.75) is 15.0 Å². The van der Waals surface area contributed by atoms with Crippen LogP contribution in [0.4, 0.5) is 13.2 Å². The molecule has 0 unspecified atom stereocenters. The van der Waals surface area contributed by atoms with E-state index in [0.717, 1.165) is 29.7 Å². The molecule has 0 saturated heterocycles. The average Bonchev–Trinajstić information content (AvgIpc) is 3.19. The maximum atomic E-state index is 13.6. The molecule has 4 aromatic rings. The normalized spacial score (nSPS) is 12.1. The highest BCUT2D eigenvalue weighted by Gasteiger charge is 2.27. The number of hydrogen-bond acceptors (Lipinski definition) is 6. The molecule has 0 fully saturated rings. The Bertz CT molecular complexity index is 1580. The van der Waals surface area contributed by atoms with E-state index >= 15 is 0 Å². The van der Waals surface area contributed by atoms with Gasteiger partial charge in [0.1, 0.15) is 17.5 Å². The van der Waals surface area contributed by atoms with Gasteiger partial charge in [-0.3, -0.25) is 0 Å². The molecule has 0 amide bonds. The summed E-state index contributed by atoms with van der Waals surface area (Å²) < 4.78 is 91.2. The molecule has 0 N–H and O–H groups in total. The summed E-state index contributed by atoms with van der Waals surface area (Å²) in [5, 5.41) is 0. The topological polar surface area (TPSA) is 81.2 Å². The Balaban J connectivity index is 1.91. The van der Waals surface area contributed by atoms with E-state index in [4.69, 9.17) is 0 Å². The van der Waals surface area contributed by atoms with Crippen LogP contribution in [0, 0.1) is 17.5 Å². The molecule has 0 atom stereocenters. The van der Waals surface area contributed by atoms with Gasteiger partial charge in [-0.2, -0.15) is 0 Å². The number of hydrogen-bond donors (Lipinski definition) is 0. The van der Waals surface area contributed by atoms with Gasteiger partial charge >= 0.3 is 0 Å². The maximum Gasteiger partial charge on any atom is 0.210 e. The number of nitrogens with zero attached hydrogens (tertiary/aromatic N) is 1. The minimum absolute atomic E-state index is 0.0557. The number of benzene rings is 3. The van der Waals surface area contributed by atoms with E-state index in [1.807, 2.05) is 0 Å². The molecule has 0 saturated carbocycles. The Morgan fingerprint density at radius 1 is 0.824 bits per heavy atom. The summed E-state index contributed by atoms with van der Waals surface area (Å²) in [4.78, 5) is 4.50. The Hall–Kier alpha value is -3.02. The fraction of sp³-hybridized carbons (Fsp3) is 0.0870. The molecule has 0 aliphatic heterocycles. The molecular formula is C23H16F3NO4S3. The molecule has 0 aliphatic carbocycles. The fourth-order valence-electron chi connectivity index (χ4n) is 3.37. The van der Waals surface area contributed by atoms with Crippen molar-refractivity contribution < 1.29 is 30.0 Å². The largest absolute Gasteiger partial charge is 0.224 e. The Kier molecular flexibility index (Phi) is 6.36. The van der Waals surface area contributed by atoms with Gasteiger partial charge in [0.25, 0.3) is 0 Å². The van der Waals surface area contributed by atoms with E-state index in [0.29, 0.717) is 16.5 Å². The lowest BCUT2D eigenvalue weighted by atomic mass is 10.1. The summed E-state index contributed by atoms with van der Waals surface area (Å²) in [6.07, 6.45) is 1.02. The second-order valence-corrected chi connectivity index (χ2v) is 12.6. The standard InChI is InChI=1S/C23H16F3NO4S3/c1-33(28,29)20-5-3-2-4-19(20)21-22(15-6-8-16(24)9-7-15)32-23(27-21)34(30,31)13-14-10-17(25)12-18(26)11-14/h2-12H,13H2,1H3. The second-order valence-electron chi connectivity index (χ2n) is 7.47. The zero-order valence-corrected chi connectivity index (χ0v) is 19.9. The summed E-state index contributed by atoms with van der Waals surface area (Å²) in [6.45, 7) is 0. The molecule has 176 valence electrons. The van der Waals surface area contributed by atoms with Gasteiger partial charge in [-0.25, -0.2) is 35.0 Å². The SMILES string of the molecule is CS(=O)(=O)c1ccccc1-c1nc(S(=O)(=O)Cc2cc(F)cc(F)c2)sc1-c1ccc(F)cc1. The minimum atomic E-state index is -4.17. The minimum Gasteiger partial charge on any atom is -0.224 e. The lowest BCUT2D eigenvalue weighted by molar-refractivity contribution is 0.578. The smallest absolute Gasteiger partial charge is 0.210 e. The van der Waals surface area contributed by atoms with Gasteiger partial charge in [-0.1, -0.05) is 30.3 Å². The molecule has 3 aromatic carbocycles. The summed E-state index contributed by atoms with van der Waals surface area (Å²) in [7, 11) is -7.87. The Morgan fingerprint density at radius 3 is 2.06 bits per heavy atom. The Labute approximate surface area is 198 Å². The van der Waals surface area contributed by atoms with Crippen LogP contribution in [0.3, 0.4) is 0 Å². The van der Waals surface area contributed by atoms with E-state index in [1.54, 1.807) is 6.07 Å². The van der Waals surface area contributed by atoms with Crippen LogP contribution in [0.2, 0.25) is 0 Å². The molecule has 4 rings (SSSR count). The third kappa shape index (κ3) is 5.06. The molecule has 1 aromatic heterocycles. The highest BCUT2D eigenvalue weighted by molar-refractivity contribution is 7.92. The van der Waals surface area contributed by atoms with E-state index in [2.05, 4.69) is 4.98 Å². The van der Waals surface area contributed by atoms with Gasteiger partial charge in [-0.05, 0) is 41.5 Å². The second kappa shape index (κ2) is 8.97. The maximum absolute atomic E-state index is 13.6. The van der Waals surface area contributed by atoms with Crippen LogP contribution >= 0.6 is 11.3 Å². The molecule has 11 heteroatoms. The highest BCUT2D eigenvalue weighted by Crippen LogP contribution is 2.41. The summed E-state index contributed by atoms with van der Waals surface area (Å²) in [6, 6.07) is 13.7. The van der Waals surface area contributed by atoms with E-state index in [1.165, 1.54) is 42.5 Å². The van der Waals surface area contributed by atoms with Crippen LogP contribution < -0.4 is 0 Å². The number of thiazole rings is 1. The van der Waals surface area contributed by atoms with Gasteiger partial charge in [-0.15, -0.1) is 11.3 Å². The van der Waals surface area contributed by atoms with Crippen LogP contribution in [-0.2, 0) is 25.4 Å². The molecule has 0 aliphatic rings. The van der Waals surface area contributed by atoms with Crippen molar-refractivity contribution in [1.29, 1.82) is 0 Å². The van der Waals surface area contributed by atoms with Gasteiger partial charge in [0.05, 0.1) is 21.2 Å². The van der Waals surface area contributed by atoms with Crippen LogP contribution in [0.1, 0.15) is 5.56 Å². The predicted octanol–water partition coefficient (Wildman–Crippen LogP) is 5.27. The molecule has 0 radical (unpaired) electrons. The first-order valence-corrected chi connectivity index (χ1v) is 14.0. The number of rotatable bonds is 6. The lowest BCUT2D eigenvalue weighted by Crippen LogP contribution is -2.06. The molecular weight excluding hydrogens is 507 g/mol. The third-order valence-electron chi connectivity index (χ3n) is 4.80. The molecule has 1 heterocycles. The first-order valence-electron chi connectivity index (χ1n) is 9.68. The van der Waals surface area contributed by atoms with Crippen molar-refractivity contribution >= 4 is 31.0 Å². The van der Waals surface area contributed by atoms with Gasteiger partial charge in [0.15, 0.2) is 9.84 Å². The zero-order valence-electron chi connectivity index (χ0n) is 17.5. The van der Waals surface area contributed by atoms with Crippen molar-refractivity contribution in [2.24, 2.45) is 0 Å². The van der Waals surface area contributed by atoms with Crippen molar-refractivity contribution in [3.8, 4) is 21.7 Å². The van der Waals surface area contributed by atoms with Gasteiger partial charge < -0.3 is 0 Å². The van der Waals surface area contributed by atoms with Crippen molar-refractivity contribution in [2.75, 3.05) is 6.26 Å². The first-order chi connectivity index (χ1) is 15.9. The molecule has 0 spiro atoms. The summed E-state index contributed by atoms with van der Waals surface area (Å²) in [5.74, 6) is -3.06. The summed E-state index contributed by atoms with van der Waals surface area (Å²) >= 11 is 0.763. The third-order valence-corrected chi connectivity index (χ3v) is 9.20. The zero-order chi connectivity index (χ0) is 24.7. The van der Waals surface area contributed by atoms with Crippen LogP contribution in [0.25, 0.3) is 21.7 Å². The van der Waals surface area contributed by atoms with Gasteiger partial charge in [0.2, 0.25) is 14.2 Å². The average molecular weight is 524 g/mol. The van der Waals surface area contributed by atoms with Crippen molar-refractivity contribution in [3.63, 3.8) is 0 Å². The highest BCUT2D eigenvalue weighted by atomic mass is 32.2. The molecule has 5 nitrogen and oxygen atoms in total. The van der Waals surface area contributed by atoms with Crippen LogP contribution in [0.15, 0.2) is 76.0 Å². The van der Waals surface area contributed by atoms with Crippen LogP contribution in [0.5, 0.6) is 0 Å². The Morgan fingerprint density at radius 2 is 1.44 bits per heavy atom.